The van der Waals surface area contributed by atoms with Crippen LogP contribution in [0.2, 0.25) is 0 Å². The highest BCUT2D eigenvalue weighted by molar-refractivity contribution is 5.86. The van der Waals surface area contributed by atoms with Gasteiger partial charge in [-0.2, -0.15) is 0 Å². The van der Waals surface area contributed by atoms with E-state index in [1.165, 1.54) is 6.07 Å². The van der Waals surface area contributed by atoms with Gasteiger partial charge in [0.1, 0.15) is 5.54 Å². The quantitative estimate of drug-likeness (QED) is 0.908. The summed E-state index contributed by atoms with van der Waals surface area (Å²) in [6.07, 6.45) is 0. The summed E-state index contributed by atoms with van der Waals surface area (Å²) < 4.78 is 25.9. The molecule has 0 aliphatic carbocycles. The number of carbonyl (C=O) groups excluding carboxylic acids is 1. The van der Waals surface area contributed by atoms with Crippen LogP contribution in [0.1, 0.15) is 18.1 Å². The predicted molar refractivity (Wildman–Crippen MR) is 76.2 cm³/mol. The van der Waals surface area contributed by atoms with E-state index in [-0.39, 0.29) is 6.54 Å². The van der Waals surface area contributed by atoms with Crippen molar-refractivity contribution in [3.8, 4) is 0 Å². The van der Waals surface area contributed by atoms with Gasteiger partial charge in [0.2, 0.25) is 5.91 Å². The van der Waals surface area contributed by atoms with E-state index in [9.17, 15) is 13.6 Å². The van der Waals surface area contributed by atoms with E-state index >= 15 is 0 Å². The molecular weight excluding hydrogens is 274 g/mol. The molecule has 0 heterocycles. The third kappa shape index (κ3) is 3.44. The monoisotopic (exact) mass is 290 g/mol. The van der Waals surface area contributed by atoms with Gasteiger partial charge in [-0.05, 0) is 30.2 Å². The molecule has 3 nitrogen and oxygen atoms in total. The minimum absolute atomic E-state index is 0.0790. The Morgan fingerprint density at radius 2 is 1.81 bits per heavy atom. The summed E-state index contributed by atoms with van der Waals surface area (Å²) in [5, 5.41) is 2.63. The third-order valence-corrected chi connectivity index (χ3v) is 3.28. The fraction of sp³-hybridized carbons (Fsp3) is 0.188. The van der Waals surface area contributed by atoms with Crippen molar-refractivity contribution in [1.82, 2.24) is 5.32 Å². The largest absolute Gasteiger partial charge is 0.350 e. The maximum atomic E-state index is 13.1. The van der Waals surface area contributed by atoms with Crippen LogP contribution in [-0.4, -0.2) is 5.91 Å². The van der Waals surface area contributed by atoms with Crippen molar-refractivity contribution >= 4 is 5.91 Å². The molecule has 1 amide bonds. The number of hydrogen-bond donors (Lipinski definition) is 2. The maximum absolute atomic E-state index is 13.1. The van der Waals surface area contributed by atoms with Crippen molar-refractivity contribution in [2.75, 3.05) is 0 Å². The van der Waals surface area contributed by atoms with Gasteiger partial charge < -0.3 is 11.1 Å². The van der Waals surface area contributed by atoms with Gasteiger partial charge in [0.15, 0.2) is 11.6 Å². The lowest BCUT2D eigenvalue weighted by Crippen LogP contribution is -2.48. The predicted octanol–water partition coefficient (Wildman–Crippen LogP) is 2.46. The number of rotatable bonds is 4. The first-order valence-electron chi connectivity index (χ1n) is 6.48. The van der Waals surface area contributed by atoms with Crippen LogP contribution < -0.4 is 11.1 Å². The minimum atomic E-state index is -1.19. The van der Waals surface area contributed by atoms with Crippen LogP contribution in [0.25, 0.3) is 0 Å². The molecule has 110 valence electrons. The third-order valence-electron chi connectivity index (χ3n) is 3.28. The molecule has 0 fully saturated rings. The molecular formula is C16H16F2N2O. The second-order valence-electron chi connectivity index (χ2n) is 5.00. The molecule has 0 spiro atoms. The minimum Gasteiger partial charge on any atom is -0.350 e. The summed E-state index contributed by atoms with van der Waals surface area (Å²) in [7, 11) is 0. The summed E-state index contributed by atoms with van der Waals surface area (Å²) >= 11 is 0. The normalized spacial score (nSPS) is 13.5. The zero-order valence-corrected chi connectivity index (χ0v) is 11.6. The Morgan fingerprint density at radius 3 is 2.43 bits per heavy atom. The van der Waals surface area contributed by atoms with Crippen LogP contribution in [-0.2, 0) is 16.9 Å². The molecule has 2 rings (SSSR count). The second-order valence-corrected chi connectivity index (χ2v) is 5.00. The average Bonchev–Trinajstić information content (AvgIpc) is 2.49. The number of halogens is 2. The topological polar surface area (TPSA) is 55.1 Å². The zero-order valence-electron chi connectivity index (χ0n) is 11.6. The standard InChI is InChI=1S/C16H16F2N2O/c1-16(19,12-5-3-2-4-6-12)15(21)20-10-11-7-8-13(17)14(18)9-11/h2-9H,10,19H2,1H3,(H,20,21). The molecule has 3 N–H and O–H groups in total. The molecule has 0 aliphatic rings. The molecule has 1 atom stereocenters. The summed E-state index contributed by atoms with van der Waals surface area (Å²) in [6, 6.07) is 12.4. The molecule has 1 unspecified atom stereocenters. The lowest BCUT2D eigenvalue weighted by atomic mass is 9.92. The number of nitrogens with one attached hydrogen (secondary N) is 1. The molecule has 0 radical (unpaired) electrons. The van der Waals surface area contributed by atoms with Crippen LogP contribution in [0.5, 0.6) is 0 Å². The van der Waals surface area contributed by atoms with E-state index in [1.807, 2.05) is 6.07 Å². The van der Waals surface area contributed by atoms with E-state index in [1.54, 1.807) is 31.2 Å². The van der Waals surface area contributed by atoms with Crippen molar-refractivity contribution in [2.45, 2.75) is 19.0 Å². The molecule has 0 saturated heterocycles. The molecule has 21 heavy (non-hydrogen) atoms. The Labute approximate surface area is 121 Å². The molecule has 0 aromatic heterocycles. The average molecular weight is 290 g/mol. The smallest absolute Gasteiger partial charge is 0.244 e. The number of benzene rings is 2. The van der Waals surface area contributed by atoms with E-state index in [4.69, 9.17) is 5.73 Å². The van der Waals surface area contributed by atoms with E-state index in [2.05, 4.69) is 5.32 Å². The summed E-state index contributed by atoms with van der Waals surface area (Å²) in [6.45, 7) is 1.68. The SMILES string of the molecule is CC(N)(C(=O)NCc1ccc(F)c(F)c1)c1ccccc1. The second kappa shape index (κ2) is 6.01. The first kappa shape index (κ1) is 15.1. The summed E-state index contributed by atoms with van der Waals surface area (Å²) in [5.74, 6) is -2.25. The Hall–Kier alpha value is -2.27. The fourth-order valence-electron chi connectivity index (χ4n) is 1.93. The van der Waals surface area contributed by atoms with Gasteiger partial charge in [-0.1, -0.05) is 36.4 Å². The Balaban J connectivity index is 2.06. The van der Waals surface area contributed by atoms with Crippen LogP contribution >= 0.6 is 0 Å². The van der Waals surface area contributed by atoms with Gasteiger partial charge in [-0.15, -0.1) is 0 Å². The molecule has 5 heteroatoms. The number of nitrogens with two attached hydrogens (primary N) is 1. The lowest BCUT2D eigenvalue weighted by Gasteiger charge is -2.24. The Bertz CT molecular complexity index is 642. The molecule has 2 aromatic carbocycles. The van der Waals surface area contributed by atoms with Gasteiger partial charge in [0.25, 0.3) is 0 Å². The lowest BCUT2D eigenvalue weighted by molar-refractivity contribution is -0.126. The number of hydrogen-bond acceptors (Lipinski definition) is 2. The first-order valence-corrected chi connectivity index (χ1v) is 6.48. The van der Waals surface area contributed by atoms with Crippen molar-refractivity contribution in [2.24, 2.45) is 5.73 Å². The first-order chi connectivity index (χ1) is 9.91. The fourth-order valence-corrected chi connectivity index (χ4v) is 1.93. The highest BCUT2D eigenvalue weighted by Crippen LogP contribution is 2.17. The molecule has 0 bridgehead atoms. The van der Waals surface area contributed by atoms with E-state index < -0.39 is 23.1 Å². The van der Waals surface area contributed by atoms with Crippen LogP contribution in [0, 0.1) is 11.6 Å². The zero-order chi connectivity index (χ0) is 15.5. The Morgan fingerprint density at radius 1 is 1.14 bits per heavy atom. The van der Waals surface area contributed by atoms with Crippen LogP contribution in [0.3, 0.4) is 0 Å². The Kier molecular flexibility index (Phi) is 4.33. The number of carbonyl (C=O) groups is 1. The maximum Gasteiger partial charge on any atom is 0.244 e. The van der Waals surface area contributed by atoms with Crippen molar-refractivity contribution < 1.29 is 13.6 Å². The van der Waals surface area contributed by atoms with Crippen molar-refractivity contribution in [3.05, 3.63) is 71.3 Å². The molecule has 2 aromatic rings. The van der Waals surface area contributed by atoms with Crippen molar-refractivity contribution in [3.63, 3.8) is 0 Å². The summed E-state index contributed by atoms with van der Waals surface area (Å²) in [4.78, 5) is 12.2. The highest BCUT2D eigenvalue weighted by atomic mass is 19.2. The van der Waals surface area contributed by atoms with Gasteiger partial charge in [0.05, 0.1) is 0 Å². The van der Waals surface area contributed by atoms with Crippen LogP contribution in [0.4, 0.5) is 8.78 Å². The molecule has 0 saturated carbocycles. The van der Waals surface area contributed by atoms with Gasteiger partial charge in [0, 0.05) is 6.54 Å². The summed E-state index contributed by atoms with van der Waals surface area (Å²) in [5.41, 5.74) is 6.00. The number of amides is 1. The van der Waals surface area contributed by atoms with Crippen LogP contribution in [0.15, 0.2) is 48.5 Å². The van der Waals surface area contributed by atoms with Gasteiger partial charge in [-0.25, -0.2) is 8.78 Å². The highest BCUT2D eigenvalue weighted by Gasteiger charge is 2.29. The van der Waals surface area contributed by atoms with Gasteiger partial charge in [-0.3, -0.25) is 4.79 Å². The molecule has 0 aliphatic heterocycles. The van der Waals surface area contributed by atoms with Gasteiger partial charge >= 0.3 is 0 Å². The van der Waals surface area contributed by atoms with E-state index in [0.29, 0.717) is 11.1 Å². The van der Waals surface area contributed by atoms with E-state index in [0.717, 1.165) is 12.1 Å². The van der Waals surface area contributed by atoms with Crippen molar-refractivity contribution in [1.29, 1.82) is 0 Å².